The van der Waals surface area contributed by atoms with Crippen LogP contribution in [0.2, 0.25) is 0 Å². The van der Waals surface area contributed by atoms with E-state index in [1.807, 2.05) is 6.07 Å². The predicted octanol–water partition coefficient (Wildman–Crippen LogP) is 5.03. The lowest BCUT2D eigenvalue weighted by atomic mass is 10.1. The van der Waals surface area contributed by atoms with E-state index >= 15 is 0 Å². The molecular formula is C21H14F3N5O3S2. The zero-order valence-corrected chi connectivity index (χ0v) is 18.9. The Hall–Kier alpha value is -3.89. The molecule has 0 unspecified atom stereocenters. The number of ether oxygens (including phenoxy) is 1. The van der Waals surface area contributed by atoms with Crippen molar-refractivity contribution in [1.82, 2.24) is 14.8 Å². The molecule has 1 N–H and O–H groups in total. The first-order chi connectivity index (χ1) is 16.1. The summed E-state index contributed by atoms with van der Waals surface area (Å²) in [7, 11) is -2.43. The van der Waals surface area contributed by atoms with Crippen molar-refractivity contribution in [1.29, 1.82) is 5.26 Å². The van der Waals surface area contributed by atoms with E-state index in [0.717, 1.165) is 29.5 Å². The highest BCUT2D eigenvalue weighted by molar-refractivity contribution is 7.93. The second kappa shape index (κ2) is 8.81. The number of rotatable bonds is 6. The lowest BCUT2D eigenvalue weighted by Gasteiger charge is -2.16. The zero-order chi connectivity index (χ0) is 24.5. The molecule has 0 saturated heterocycles. The summed E-state index contributed by atoms with van der Waals surface area (Å²) in [6.45, 7) is 0. The maximum absolute atomic E-state index is 13.3. The topological polar surface area (TPSA) is 110 Å². The summed E-state index contributed by atoms with van der Waals surface area (Å²) in [5.74, 6) is -0.287. The van der Waals surface area contributed by atoms with Gasteiger partial charge in [0.25, 0.3) is 10.0 Å². The number of sulfonamides is 1. The maximum Gasteiger partial charge on any atom is 0.416 e. The first-order valence-corrected chi connectivity index (χ1v) is 11.8. The predicted molar refractivity (Wildman–Crippen MR) is 118 cm³/mol. The summed E-state index contributed by atoms with van der Waals surface area (Å²) in [6, 6.07) is 9.87. The number of nitrogens with zero attached hydrogens (tertiary/aromatic N) is 4. The van der Waals surface area contributed by atoms with E-state index in [1.54, 1.807) is 18.5 Å². The van der Waals surface area contributed by atoms with Gasteiger partial charge in [-0.2, -0.15) is 23.5 Å². The minimum Gasteiger partial charge on any atom is -0.455 e. The van der Waals surface area contributed by atoms with Crippen molar-refractivity contribution < 1.29 is 26.3 Å². The fraction of sp³-hybridized carbons (Fsp3) is 0.0952. The monoisotopic (exact) mass is 505 g/mol. The van der Waals surface area contributed by atoms with Crippen molar-refractivity contribution in [2.24, 2.45) is 7.05 Å². The van der Waals surface area contributed by atoms with Gasteiger partial charge < -0.3 is 4.74 Å². The zero-order valence-electron chi connectivity index (χ0n) is 17.2. The Bertz CT molecular complexity index is 1490. The number of alkyl halides is 3. The van der Waals surface area contributed by atoms with Crippen LogP contribution in [0.15, 0.2) is 65.1 Å². The van der Waals surface area contributed by atoms with Crippen molar-refractivity contribution in [2.45, 2.75) is 11.1 Å². The third-order valence-electron chi connectivity index (χ3n) is 4.66. The summed E-state index contributed by atoms with van der Waals surface area (Å²) in [6.07, 6.45) is -1.72. The second-order valence-corrected chi connectivity index (χ2v) is 9.44. The van der Waals surface area contributed by atoms with Gasteiger partial charge in [0.1, 0.15) is 17.6 Å². The first-order valence-electron chi connectivity index (χ1n) is 9.42. The van der Waals surface area contributed by atoms with Gasteiger partial charge in [0.05, 0.1) is 21.7 Å². The third kappa shape index (κ3) is 4.73. The van der Waals surface area contributed by atoms with Crippen molar-refractivity contribution >= 4 is 26.5 Å². The van der Waals surface area contributed by atoms with Crippen LogP contribution in [0.4, 0.5) is 18.3 Å². The molecule has 0 amide bonds. The molecule has 2 aromatic carbocycles. The second-order valence-electron chi connectivity index (χ2n) is 6.86. The largest absolute Gasteiger partial charge is 0.455 e. The standard InChI is InChI=1S/C21H14F3N5O3S2/c1-29-17(6-7-27-29)16-4-2-14(21(22,23)24)11-19(16)32-18-5-3-15(10-13(18)12-25)34(30,31)28-20-26-8-9-33-20/h2-11H,1H3,(H,26,28). The molecule has 13 heteroatoms. The van der Waals surface area contributed by atoms with Crippen molar-refractivity contribution in [3.63, 3.8) is 0 Å². The molecule has 4 aromatic rings. The number of thiazole rings is 1. The van der Waals surface area contributed by atoms with Gasteiger partial charge in [-0.15, -0.1) is 11.3 Å². The molecule has 8 nitrogen and oxygen atoms in total. The van der Waals surface area contributed by atoms with Crippen LogP contribution in [-0.2, 0) is 23.2 Å². The van der Waals surface area contributed by atoms with Gasteiger partial charge in [-0.05, 0) is 42.5 Å². The van der Waals surface area contributed by atoms with Gasteiger partial charge >= 0.3 is 6.18 Å². The number of anilines is 1. The minimum atomic E-state index is -4.62. The highest BCUT2D eigenvalue weighted by Crippen LogP contribution is 2.39. The molecule has 0 fully saturated rings. The van der Waals surface area contributed by atoms with Gasteiger partial charge in [0, 0.05) is 30.4 Å². The summed E-state index contributed by atoms with van der Waals surface area (Å²) >= 11 is 1.07. The molecule has 4 rings (SSSR count). The van der Waals surface area contributed by atoms with Gasteiger partial charge in [-0.25, -0.2) is 13.4 Å². The van der Waals surface area contributed by atoms with Crippen LogP contribution in [0.3, 0.4) is 0 Å². The minimum absolute atomic E-state index is 0.113. The Kier molecular flexibility index (Phi) is 6.03. The van der Waals surface area contributed by atoms with Gasteiger partial charge in [-0.3, -0.25) is 9.40 Å². The average Bonchev–Trinajstić information content (AvgIpc) is 3.44. The number of aromatic nitrogens is 3. The highest BCUT2D eigenvalue weighted by atomic mass is 32.2. The van der Waals surface area contributed by atoms with Crippen LogP contribution in [0.25, 0.3) is 11.3 Å². The number of benzene rings is 2. The normalized spacial score (nSPS) is 11.7. The Balaban J connectivity index is 1.75. The van der Waals surface area contributed by atoms with Crippen LogP contribution in [0.5, 0.6) is 11.5 Å². The third-order valence-corrected chi connectivity index (χ3v) is 6.82. The first kappa shape index (κ1) is 23.3. The molecule has 0 aliphatic heterocycles. The summed E-state index contributed by atoms with van der Waals surface area (Å²) in [5.41, 5.74) is -0.345. The van der Waals surface area contributed by atoms with E-state index in [-0.39, 0.29) is 27.1 Å². The number of nitrogens with one attached hydrogen (secondary N) is 1. The molecule has 2 aromatic heterocycles. The number of hydrogen-bond acceptors (Lipinski definition) is 7. The molecule has 0 saturated carbocycles. The number of nitriles is 1. The average molecular weight is 506 g/mol. The van der Waals surface area contributed by atoms with Crippen molar-refractivity contribution in [3.8, 4) is 28.8 Å². The fourth-order valence-electron chi connectivity index (χ4n) is 3.05. The number of aryl methyl sites for hydroxylation is 1. The quantitative estimate of drug-likeness (QED) is 0.394. The lowest BCUT2D eigenvalue weighted by molar-refractivity contribution is -0.137. The van der Waals surface area contributed by atoms with E-state index in [9.17, 15) is 26.9 Å². The Morgan fingerprint density at radius 3 is 2.53 bits per heavy atom. The SMILES string of the molecule is Cn1nccc1-c1ccc(C(F)(F)F)cc1Oc1ccc(S(=O)(=O)Nc2nccs2)cc1C#N. The molecular weight excluding hydrogens is 491 g/mol. The van der Waals surface area contributed by atoms with Crippen LogP contribution >= 0.6 is 11.3 Å². The van der Waals surface area contributed by atoms with Gasteiger partial charge in [-0.1, -0.05) is 0 Å². The molecule has 174 valence electrons. The van der Waals surface area contributed by atoms with E-state index in [0.29, 0.717) is 11.3 Å². The van der Waals surface area contributed by atoms with Crippen molar-refractivity contribution in [2.75, 3.05) is 4.72 Å². The van der Waals surface area contributed by atoms with Gasteiger partial charge in [0.15, 0.2) is 5.13 Å². The Morgan fingerprint density at radius 2 is 1.91 bits per heavy atom. The van der Waals surface area contributed by atoms with Gasteiger partial charge in [0.2, 0.25) is 0 Å². The van der Waals surface area contributed by atoms with Crippen LogP contribution < -0.4 is 9.46 Å². The maximum atomic E-state index is 13.3. The smallest absolute Gasteiger partial charge is 0.416 e. The van der Waals surface area contributed by atoms with E-state index in [1.165, 1.54) is 35.3 Å². The molecule has 0 spiro atoms. The molecule has 2 heterocycles. The number of hydrogen-bond donors (Lipinski definition) is 1. The van der Waals surface area contributed by atoms with Crippen LogP contribution in [0, 0.1) is 11.3 Å². The molecule has 0 aliphatic carbocycles. The highest BCUT2D eigenvalue weighted by Gasteiger charge is 2.32. The van der Waals surface area contributed by atoms with E-state index in [4.69, 9.17) is 4.74 Å². The Morgan fingerprint density at radius 1 is 1.12 bits per heavy atom. The lowest BCUT2D eigenvalue weighted by Crippen LogP contribution is -2.13. The number of halogens is 3. The summed E-state index contributed by atoms with van der Waals surface area (Å²) in [4.78, 5) is 3.62. The van der Waals surface area contributed by atoms with E-state index < -0.39 is 21.8 Å². The Labute approximate surface area is 195 Å². The van der Waals surface area contributed by atoms with Crippen LogP contribution in [-0.4, -0.2) is 23.2 Å². The molecule has 0 radical (unpaired) electrons. The summed E-state index contributed by atoms with van der Waals surface area (Å²) in [5, 5.41) is 15.3. The molecule has 0 aliphatic rings. The van der Waals surface area contributed by atoms with Crippen LogP contribution in [0.1, 0.15) is 11.1 Å². The van der Waals surface area contributed by atoms with E-state index in [2.05, 4.69) is 14.8 Å². The summed E-state index contributed by atoms with van der Waals surface area (Å²) < 4.78 is 74.7. The fourth-order valence-corrected chi connectivity index (χ4v) is 4.87. The van der Waals surface area contributed by atoms with Crippen molar-refractivity contribution in [3.05, 3.63) is 71.4 Å². The molecule has 0 atom stereocenters. The molecule has 34 heavy (non-hydrogen) atoms. The molecule has 0 bridgehead atoms.